The number of likely N-dealkylation sites (tertiary alicyclic amines) is 1. The number of ether oxygens (including phenoxy) is 1. The maximum Gasteiger partial charge on any atom is 0.268 e. The second-order valence-corrected chi connectivity index (χ2v) is 10.3. The molecule has 1 atom stereocenters. The van der Waals surface area contributed by atoms with Crippen LogP contribution in [0.3, 0.4) is 0 Å². The van der Waals surface area contributed by atoms with Crippen molar-refractivity contribution in [2.24, 2.45) is 5.92 Å². The van der Waals surface area contributed by atoms with Crippen molar-refractivity contribution in [2.45, 2.75) is 19.4 Å². The number of anilines is 1. The summed E-state index contributed by atoms with van der Waals surface area (Å²) in [6.45, 7) is 8.02. The molecule has 188 valence electrons. The molecule has 3 aromatic rings. The van der Waals surface area contributed by atoms with Crippen LogP contribution < -0.4 is 9.64 Å². The zero-order valence-electron chi connectivity index (χ0n) is 20.8. The van der Waals surface area contributed by atoms with Gasteiger partial charge in [-0.2, -0.15) is 5.10 Å². The van der Waals surface area contributed by atoms with Gasteiger partial charge in [-0.1, -0.05) is 24.2 Å². The van der Waals surface area contributed by atoms with Gasteiger partial charge in [0.15, 0.2) is 6.10 Å². The molecule has 0 radical (unpaired) electrons. The first-order valence-corrected chi connectivity index (χ1v) is 12.4. The standard InChI is InChI=1S/C27H30ClN5O3/c1-5-25(34)32-13-17(14-32)15-33-22-11-20(28)18(26-16(2)6-7-21-19(26)12-29-30-21)10-24(22)36-23(27(33)35)8-9-31(3)4/h5-7,10-12,17,23H,1,8-9,13-15H2,2-4H3,(H,29,30). The number of aromatic amines is 1. The summed E-state index contributed by atoms with van der Waals surface area (Å²) in [4.78, 5) is 31.0. The second-order valence-electron chi connectivity index (χ2n) is 9.85. The Labute approximate surface area is 215 Å². The summed E-state index contributed by atoms with van der Waals surface area (Å²) in [7, 11) is 3.95. The van der Waals surface area contributed by atoms with Crippen molar-refractivity contribution in [1.82, 2.24) is 20.0 Å². The lowest BCUT2D eigenvalue weighted by Gasteiger charge is -2.43. The van der Waals surface area contributed by atoms with Gasteiger partial charge in [-0.15, -0.1) is 0 Å². The monoisotopic (exact) mass is 507 g/mol. The largest absolute Gasteiger partial charge is 0.478 e. The van der Waals surface area contributed by atoms with Gasteiger partial charge in [-0.25, -0.2) is 0 Å². The van der Waals surface area contributed by atoms with Gasteiger partial charge in [-0.05, 0) is 56.4 Å². The fourth-order valence-electron chi connectivity index (χ4n) is 5.02. The number of fused-ring (bicyclic) bond motifs is 2. The maximum absolute atomic E-state index is 13.5. The number of aryl methyl sites for hydroxylation is 1. The summed E-state index contributed by atoms with van der Waals surface area (Å²) >= 11 is 6.86. The van der Waals surface area contributed by atoms with E-state index >= 15 is 0 Å². The number of nitrogens with zero attached hydrogens (tertiary/aromatic N) is 4. The number of halogens is 1. The SMILES string of the molecule is C=CC(=O)N1CC(CN2C(=O)C(CCN(C)C)Oc3cc(-c4c(C)ccc5[nH]ncc45)c(Cl)cc32)C1. The lowest BCUT2D eigenvalue weighted by atomic mass is 9.94. The van der Waals surface area contributed by atoms with Gasteiger partial charge in [0.2, 0.25) is 5.91 Å². The molecule has 0 spiro atoms. The molecule has 9 heteroatoms. The average molecular weight is 508 g/mol. The van der Waals surface area contributed by atoms with Crippen LogP contribution in [-0.4, -0.2) is 78.2 Å². The molecule has 1 saturated heterocycles. The fourth-order valence-corrected chi connectivity index (χ4v) is 5.27. The Balaban J connectivity index is 1.52. The van der Waals surface area contributed by atoms with Crippen LogP contribution in [0.5, 0.6) is 5.75 Å². The highest BCUT2D eigenvalue weighted by Crippen LogP contribution is 2.45. The first-order chi connectivity index (χ1) is 17.3. The molecular formula is C27H30ClN5O3. The lowest BCUT2D eigenvalue weighted by molar-refractivity contribution is -0.132. The van der Waals surface area contributed by atoms with Gasteiger partial charge in [0.1, 0.15) is 5.75 Å². The Morgan fingerprint density at radius 2 is 2.11 bits per heavy atom. The summed E-state index contributed by atoms with van der Waals surface area (Å²) < 4.78 is 6.31. The van der Waals surface area contributed by atoms with E-state index in [2.05, 4.69) is 16.8 Å². The number of aromatic nitrogens is 2. The molecular weight excluding hydrogens is 478 g/mol. The molecule has 2 aliphatic heterocycles. The van der Waals surface area contributed by atoms with Crippen LogP contribution in [0.25, 0.3) is 22.0 Å². The number of carbonyl (C=O) groups excluding carboxylic acids is 2. The predicted octanol–water partition coefficient (Wildman–Crippen LogP) is 3.88. The second kappa shape index (κ2) is 9.59. The first-order valence-electron chi connectivity index (χ1n) is 12.1. The molecule has 2 amide bonds. The average Bonchev–Trinajstić information content (AvgIpc) is 3.29. The molecule has 8 nitrogen and oxygen atoms in total. The minimum Gasteiger partial charge on any atom is -0.478 e. The minimum atomic E-state index is -0.592. The van der Waals surface area contributed by atoms with E-state index in [9.17, 15) is 9.59 Å². The van der Waals surface area contributed by atoms with Crippen molar-refractivity contribution in [3.05, 3.63) is 53.7 Å². The highest BCUT2D eigenvalue weighted by atomic mass is 35.5. The molecule has 2 aliphatic rings. The van der Waals surface area contributed by atoms with Crippen LogP contribution in [0.4, 0.5) is 5.69 Å². The van der Waals surface area contributed by atoms with Crippen LogP contribution in [0.1, 0.15) is 12.0 Å². The van der Waals surface area contributed by atoms with Crippen molar-refractivity contribution in [2.75, 3.05) is 45.2 Å². The zero-order valence-corrected chi connectivity index (χ0v) is 21.5. The summed E-state index contributed by atoms with van der Waals surface area (Å²) in [6, 6.07) is 7.81. The fraction of sp³-hybridized carbons (Fsp3) is 0.370. The van der Waals surface area contributed by atoms with E-state index < -0.39 is 6.10 Å². The number of H-pyrrole nitrogens is 1. The third kappa shape index (κ3) is 4.35. The topological polar surface area (TPSA) is 81.8 Å². The van der Waals surface area contributed by atoms with Gasteiger partial charge >= 0.3 is 0 Å². The molecule has 0 saturated carbocycles. The Hall–Kier alpha value is -3.36. The number of benzene rings is 2. The van der Waals surface area contributed by atoms with Gasteiger partial charge < -0.3 is 19.4 Å². The van der Waals surface area contributed by atoms with E-state index in [-0.39, 0.29) is 17.7 Å². The lowest BCUT2D eigenvalue weighted by Crippen LogP contribution is -2.56. The predicted molar refractivity (Wildman–Crippen MR) is 141 cm³/mol. The zero-order chi connectivity index (χ0) is 25.6. The molecule has 3 heterocycles. The van der Waals surface area contributed by atoms with E-state index in [4.69, 9.17) is 16.3 Å². The van der Waals surface area contributed by atoms with E-state index in [1.54, 1.807) is 16.0 Å². The number of nitrogens with one attached hydrogen (secondary N) is 1. The smallest absolute Gasteiger partial charge is 0.268 e. The van der Waals surface area contributed by atoms with Crippen LogP contribution in [-0.2, 0) is 9.59 Å². The van der Waals surface area contributed by atoms with Gasteiger partial charge in [0.05, 0.1) is 22.4 Å². The van der Waals surface area contributed by atoms with Crippen LogP contribution in [0, 0.1) is 12.8 Å². The molecule has 2 aromatic carbocycles. The number of amides is 2. The van der Waals surface area contributed by atoms with Gasteiger partial charge in [0, 0.05) is 49.5 Å². The Morgan fingerprint density at radius 1 is 1.33 bits per heavy atom. The molecule has 1 N–H and O–H groups in total. The molecule has 1 aromatic heterocycles. The number of carbonyl (C=O) groups is 2. The Morgan fingerprint density at radius 3 is 2.83 bits per heavy atom. The first kappa shape index (κ1) is 24.3. The van der Waals surface area contributed by atoms with Crippen LogP contribution in [0.2, 0.25) is 5.02 Å². The van der Waals surface area contributed by atoms with Crippen molar-refractivity contribution < 1.29 is 14.3 Å². The van der Waals surface area contributed by atoms with Crippen molar-refractivity contribution in [1.29, 1.82) is 0 Å². The number of hydrogen-bond acceptors (Lipinski definition) is 5. The summed E-state index contributed by atoms with van der Waals surface area (Å²) in [5, 5.41) is 8.74. The molecule has 1 fully saturated rings. The Bertz CT molecular complexity index is 1340. The quantitative estimate of drug-likeness (QED) is 0.491. The highest BCUT2D eigenvalue weighted by Gasteiger charge is 2.39. The van der Waals surface area contributed by atoms with Crippen LogP contribution in [0.15, 0.2) is 43.1 Å². The third-order valence-corrected chi connectivity index (χ3v) is 7.29. The summed E-state index contributed by atoms with van der Waals surface area (Å²) in [5.41, 5.74) is 4.49. The third-order valence-electron chi connectivity index (χ3n) is 6.97. The molecule has 36 heavy (non-hydrogen) atoms. The number of hydrogen-bond donors (Lipinski definition) is 1. The van der Waals surface area contributed by atoms with Gasteiger partial charge in [-0.3, -0.25) is 14.7 Å². The Kier molecular flexibility index (Phi) is 6.49. The van der Waals surface area contributed by atoms with E-state index in [0.29, 0.717) is 42.5 Å². The van der Waals surface area contributed by atoms with E-state index in [1.807, 2.05) is 50.2 Å². The normalized spacial score (nSPS) is 17.8. The van der Waals surface area contributed by atoms with Crippen LogP contribution >= 0.6 is 11.6 Å². The van der Waals surface area contributed by atoms with Gasteiger partial charge in [0.25, 0.3) is 5.91 Å². The summed E-state index contributed by atoms with van der Waals surface area (Å²) in [5.74, 6) is 0.657. The molecule has 0 aliphatic carbocycles. The van der Waals surface area contributed by atoms with Crippen molar-refractivity contribution >= 4 is 40.0 Å². The molecule has 5 rings (SSSR count). The minimum absolute atomic E-state index is 0.0743. The summed E-state index contributed by atoms with van der Waals surface area (Å²) in [6.07, 6.45) is 3.11. The van der Waals surface area contributed by atoms with Crippen molar-refractivity contribution in [3.63, 3.8) is 0 Å². The molecule has 1 unspecified atom stereocenters. The van der Waals surface area contributed by atoms with Crippen molar-refractivity contribution in [3.8, 4) is 16.9 Å². The highest BCUT2D eigenvalue weighted by molar-refractivity contribution is 6.34. The van der Waals surface area contributed by atoms with E-state index in [1.165, 1.54) is 6.08 Å². The molecule has 0 bridgehead atoms. The van der Waals surface area contributed by atoms with E-state index in [0.717, 1.165) is 34.1 Å². The maximum atomic E-state index is 13.5. The number of rotatable bonds is 7.